The molecule has 0 aliphatic carbocycles. The molecule has 0 aliphatic heterocycles. The van der Waals surface area contributed by atoms with Crippen LogP contribution in [0.25, 0.3) is 0 Å². The Morgan fingerprint density at radius 2 is 1.60 bits per heavy atom. The summed E-state index contributed by atoms with van der Waals surface area (Å²) in [7, 11) is 3.12. The van der Waals surface area contributed by atoms with Crippen LogP contribution in [-0.2, 0) is 6.54 Å². The van der Waals surface area contributed by atoms with E-state index in [0.717, 1.165) is 11.6 Å². The molecule has 3 nitrogen and oxygen atoms in total. The minimum atomic E-state index is -0.625. The molecule has 5 heteroatoms. The van der Waals surface area contributed by atoms with Gasteiger partial charge in [-0.3, -0.25) is 0 Å². The first-order valence-corrected chi connectivity index (χ1v) is 6.03. The van der Waals surface area contributed by atoms with E-state index < -0.39 is 11.6 Å². The molecule has 106 valence electrons. The van der Waals surface area contributed by atoms with Crippen molar-refractivity contribution in [3.8, 4) is 11.5 Å². The molecule has 1 N–H and O–H groups in total. The standard InChI is InChI=1S/C15H15F2NO2/c1-19-12-5-10(6-13(8-12)20-2)9-18-15-4-3-11(16)7-14(15)17/h3-8,18H,9H2,1-2H3. The molecule has 0 amide bonds. The highest BCUT2D eigenvalue weighted by atomic mass is 19.1. The summed E-state index contributed by atoms with van der Waals surface area (Å²) < 4.78 is 36.6. The maximum absolute atomic E-state index is 13.5. The second kappa shape index (κ2) is 6.23. The molecule has 0 radical (unpaired) electrons. The number of benzene rings is 2. The lowest BCUT2D eigenvalue weighted by Gasteiger charge is -2.11. The van der Waals surface area contributed by atoms with Crippen molar-refractivity contribution in [1.82, 2.24) is 0 Å². The third kappa shape index (κ3) is 3.38. The van der Waals surface area contributed by atoms with Gasteiger partial charge in [-0.1, -0.05) is 0 Å². The van der Waals surface area contributed by atoms with Crippen molar-refractivity contribution in [2.75, 3.05) is 19.5 Å². The zero-order chi connectivity index (χ0) is 14.5. The van der Waals surface area contributed by atoms with Crippen LogP contribution in [0.4, 0.5) is 14.5 Å². The van der Waals surface area contributed by atoms with Gasteiger partial charge in [0, 0.05) is 18.7 Å². The molecular formula is C15H15F2NO2. The lowest BCUT2D eigenvalue weighted by atomic mass is 10.2. The minimum absolute atomic E-state index is 0.244. The van der Waals surface area contributed by atoms with E-state index in [1.807, 2.05) is 12.1 Å². The highest BCUT2D eigenvalue weighted by molar-refractivity contribution is 5.46. The fourth-order valence-corrected chi connectivity index (χ4v) is 1.80. The maximum Gasteiger partial charge on any atom is 0.149 e. The average molecular weight is 279 g/mol. The number of hydrogen-bond acceptors (Lipinski definition) is 3. The lowest BCUT2D eigenvalue weighted by Crippen LogP contribution is -2.02. The Bertz CT molecular complexity index is 580. The van der Waals surface area contributed by atoms with Gasteiger partial charge in [-0.15, -0.1) is 0 Å². The molecule has 0 spiro atoms. The molecule has 0 unspecified atom stereocenters. The van der Waals surface area contributed by atoms with Crippen molar-refractivity contribution in [3.05, 3.63) is 53.6 Å². The molecule has 0 aromatic heterocycles. The summed E-state index contributed by atoms with van der Waals surface area (Å²) in [6.45, 7) is 0.371. The molecule has 0 saturated carbocycles. The minimum Gasteiger partial charge on any atom is -0.497 e. The van der Waals surface area contributed by atoms with Gasteiger partial charge in [0.2, 0.25) is 0 Å². The van der Waals surface area contributed by atoms with E-state index in [4.69, 9.17) is 9.47 Å². The van der Waals surface area contributed by atoms with E-state index in [1.165, 1.54) is 12.1 Å². The van der Waals surface area contributed by atoms with E-state index >= 15 is 0 Å². The first-order chi connectivity index (χ1) is 9.62. The summed E-state index contributed by atoms with van der Waals surface area (Å²) in [4.78, 5) is 0. The third-order valence-corrected chi connectivity index (χ3v) is 2.83. The van der Waals surface area contributed by atoms with Crippen LogP contribution in [0, 0.1) is 11.6 Å². The van der Waals surface area contributed by atoms with E-state index in [9.17, 15) is 8.78 Å². The molecule has 0 heterocycles. The SMILES string of the molecule is COc1cc(CNc2ccc(F)cc2F)cc(OC)c1. The van der Waals surface area contributed by atoms with Crippen molar-refractivity contribution in [2.24, 2.45) is 0 Å². The maximum atomic E-state index is 13.5. The van der Waals surface area contributed by atoms with Gasteiger partial charge in [-0.25, -0.2) is 8.78 Å². The molecule has 2 rings (SSSR count). The number of nitrogens with one attached hydrogen (secondary N) is 1. The van der Waals surface area contributed by atoms with E-state index in [-0.39, 0.29) is 5.69 Å². The van der Waals surface area contributed by atoms with E-state index in [1.54, 1.807) is 20.3 Å². The van der Waals surface area contributed by atoms with Crippen molar-refractivity contribution >= 4 is 5.69 Å². The van der Waals surface area contributed by atoms with Gasteiger partial charge in [-0.05, 0) is 29.8 Å². The molecule has 2 aromatic carbocycles. The summed E-state index contributed by atoms with van der Waals surface area (Å²) in [6, 6.07) is 8.80. The molecule has 0 bridgehead atoms. The van der Waals surface area contributed by atoms with Crippen LogP contribution in [0.15, 0.2) is 36.4 Å². The van der Waals surface area contributed by atoms with Gasteiger partial charge in [0.25, 0.3) is 0 Å². The molecule has 2 aromatic rings. The third-order valence-electron chi connectivity index (χ3n) is 2.83. The van der Waals surface area contributed by atoms with Gasteiger partial charge >= 0.3 is 0 Å². The second-order valence-electron chi connectivity index (χ2n) is 4.20. The topological polar surface area (TPSA) is 30.5 Å². The van der Waals surface area contributed by atoms with Crippen molar-refractivity contribution in [1.29, 1.82) is 0 Å². The van der Waals surface area contributed by atoms with Crippen LogP contribution in [-0.4, -0.2) is 14.2 Å². The molecule has 20 heavy (non-hydrogen) atoms. The predicted octanol–water partition coefficient (Wildman–Crippen LogP) is 3.59. The Labute approximate surface area is 116 Å². The summed E-state index contributed by atoms with van der Waals surface area (Å²) in [6.07, 6.45) is 0. The summed E-state index contributed by atoms with van der Waals surface area (Å²) in [5.41, 5.74) is 1.11. The molecular weight excluding hydrogens is 264 g/mol. The Hall–Kier alpha value is -2.30. The number of rotatable bonds is 5. The molecule has 0 aliphatic rings. The first kappa shape index (κ1) is 14.1. The quantitative estimate of drug-likeness (QED) is 0.907. The van der Waals surface area contributed by atoms with Crippen LogP contribution in [0.5, 0.6) is 11.5 Å². The van der Waals surface area contributed by atoms with Crippen LogP contribution in [0.2, 0.25) is 0 Å². The second-order valence-corrected chi connectivity index (χ2v) is 4.20. The highest BCUT2D eigenvalue weighted by Gasteiger charge is 2.05. The predicted molar refractivity (Wildman–Crippen MR) is 73.2 cm³/mol. The number of methoxy groups -OCH3 is 2. The number of anilines is 1. The largest absolute Gasteiger partial charge is 0.497 e. The van der Waals surface area contributed by atoms with Crippen molar-refractivity contribution in [3.63, 3.8) is 0 Å². The molecule has 0 fully saturated rings. The van der Waals surface area contributed by atoms with Crippen LogP contribution in [0.3, 0.4) is 0 Å². The summed E-state index contributed by atoms with van der Waals surface area (Å²) >= 11 is 0. The fraction of sp³-hybridized carbons (Fsp3) is 0.200. The van der Waals surface area contributed by atoms with Crippen LogP contribution < -0.4 is 14.8 Å². The van der Waals surface area contributed by atoms with Gasteiger partial charge in [0.05, 0.1) is 19.9 Å². The van der Waals surface area contributed by atoms with Crippen LogP contribution in [0.1, 0.15) is 5.56 Å². The highest BCUT2D eigenvalue weighted by Crippen LogP contribution is 2.23. The van der Waals surface area contributed by atoms with Gasteiger partial charge in [0.1, 0.15) is 23.1 Å². The number of hydrogen-bond donors (Lipinski definition) is 1. The normalized spacial score (nSPS) is 10.2. The summed E-state index contributed by atoms with van der Waals surface area (Å²) in [5.74, 6) is 0.0809. The summed E-state index contributed by atoms with van der Waals surface area (Å²) in [5, 5.41) is 2.91. The lowest BCUT2D eigenvalue weighted by molar-refractivity contribution is 0.393. The van der Waals surface area contributed by atoms with Crippen molar-refractivity contribution in [2.45, 2.75) is 6.54 Å². The van der Waals surface area contributed by atoms with Gasteiger partial charge in [0.15, 0.2) is 0 Å². The average Bonchev–Trinajstić information content (AvgIpc) is 2.46. The molecule has 0 saturated heterocycles. The van der Waals surface area contributed by atoms with Crippen LogP contribution >= 0.6 is 0 Å². The Morgan fingerprint density at radius 1 is 0.950 bits per heavy atom. The molecule has 0 atom stereocenters. The van der Waals surface area contributed by atoms with Gasteiger partial charge in [-0.2, -0.15) is 0 Å². The Kier molecular flexibility index (Phi) is 4.40. The van der Waals surface area contributed by atoms with E-state index in [2.05, 4.69) is 5.32 Å². The van der Waals surface area contributed by atoms with Crippen molar-refractivity contribution < 1.29 is 18.3 Å². The zero-order valence-corrected chi connectivity index (χ0v) is 11.2. The van der Waals surface area contributed by atoms with E-state index in [0.29, 0.717) is 18.0 Å². The zero-order valence-electron chi connectivity index (χ0n) is 11.2. The Morgan fingerprint density at radius 3 is 2.15 bits per heavy atom. The van der Waals surface area contributed by atoms with Gasteiger partial charge < -0.3 is 14.8 Å². The monoisotopic (exact) mass is 279 g/mol. The smallest absolute Gasteiger partial charge is 0.149 e. The Balaban J connectivity index is 2.13. The first-order valence-electron chi connectivity index (χ1n) is 6.03. The number of halogens is 2. The fourth-order valence-electron chi connectivity index (χ4n) is 1.80. The number of ether oxygens (including phenoxy) is 2.